The Morgan fingerprint density at radius 1 is 1.19 bits per heavy atom. The largest absolute Gasteiger partial charge is 0.497 e. The zero-order valence-corrected chi connectivity index (χ0v) is 26.8. The van der Waals surface area contributed by atoms with Crippen LogP contribution in [0, 0.1) is 19.5 Å². The lowest BCUT2D eigenvalue weighted by molar-refractivity contribution is -0.120. The van der Waals surface area contributed by atoms with Crippen molar-refractivity contribution in [2.75, 3.05) is 27.2 Å². The number of amides is 4. The van der Waals surface area contributed by atoms with Gasteiger partial charge in [0.15, 0.2) is 0 Å². The molecule has 11 heteroatoms. The molecular formula is C32H42Cl2N4O5. The molecule has 2 aromatic rings. The molecule has 0 aliphatic rings. The molecule has 0 spiro atoms. The van der Waals surface area contributed by atoms with E-state index < -0.39 is 5.91 Å². The lowest BCUT2D eigenvalue weighted by atomic mass is 9.94. The summed E-state index contributed by atoms with van der Waals surface area (Å²) < 4.78 is 5.03. The molecule has 234 valence electrons. The number of rotatable bonds is 12. The number of allylic oxidation sites excluding steroid dienone is 2. The number of nitrogens with zero attached hydrogens (tertiary/aromatic N) is 1. The molecule has 0 fully saturated rings. The van der Waals surface area contributed by atoms with E-state index in [0.717, 1.165) is 22.4 Å². The number of nitrogens with one attached hydrogen (secondary N) is 2. The minimum Gasteiger partial charge on any atom is -0.497 e. The predicted molar refractivity (Wildman–Crippen MR) is 173 cm³/mol. The molecule has 0 aliphatic heterocycles. The lowest BCUT2D eigenvalue weighted by Crippen LogP contribution is -2.40. The highest BCUT2D eigenvalue weighted by Crippen LogP contribution is 2.26. The normalized spacial score (nSPS) is 11.1. The van der Waals surface area contributed by atoms with Gasteiger partial charge >= 0.3 is 6.03 Å². The number of hydrogen-bond donors (Lipinski definition) is 4. The van der Waals surface area contributed by atoms with Crippen molar-refractivity contribution in [2.24, 2.45) is 5.73 Å². The van der Waals surface area contributed by atoms with E-state index >= 15 is 0 Å². The Hall–Kier alpha value is -4.13. The number of primary amides is 1. The van der Waals surface area contributed by atoms with Crippen molar-refractivity contribution in [2.45, 2.75) is 46.1 Å². The summed E-state index contributed by atoms with van der Waals surface area (Å²) in [4.78, 5) is 36.5. The molecule has 2 aromatic carbocycles. The van der Waals surface area contributed by atoms with E-state index in [-0.39, 0.29) is 30.8 Å². The molecule has 9 nitrogen and oxygen atoms in total. The van der Waals surface area contributed by atoms with Crippen LogP contribution in [0.15, 0.2) is 66.5 Å². The maximum absolute atomic E-state index is 12.4. The van der Waals surface area contributed by atoms with Gasteiger partial charge in [0.1, 0.15) is 11.9 Å². The van der Waals surface area contributed by atoms with E-state index in [1.807, 2.05) is 63.3 Å². The van der Waals surface area contributed by atoms with Crippen LogP contribution >= 0.6 is 23.2 Å². The van der Waals surface area contributed by atoms with Crippen molar-refractivity contribution in [1.29, 1.82) is 0 Å². The molecule has 43 heavy (non-hydrogen) atoms. The number of urea groups is 1. The average molecular weight is 634 g/mol. The summed E-state index contributed by atoms with van der Waals surface area (Å²) in [5.41, 5.74) is 8.29. The van der Waals surface area contributed by atoms with Crippen LogP contribution in [0.3, 0.4) is 0 Å². The van der Waals surface area contributed by atoms with Crippen LogP contribution in [-0.2, 0) is 20.9 Å². The molecule has 0 radical (unpaired) electrons. The number of aliphatic hydroxyl groups excluding tert-OH is 1. The summed E-state index contributed by atoms with van der Waals surface area (Å²) in [5.74, 6) is 0.180. The Morgan fingerprint density at radius 2 is 1.81 bits per heavy atom. The Morgan fingerprint density at radius 3 is 2.30 bits per heavy atom. The SMILES string of the molecule is C#CO.C/C=C\C(=C/CNC(=O)CC)OC.CNC(=O)N(Cc1ccc(Cl)cc1Cl)CC(CC(N)=O)c1ccc(C)cc1. The summed E-state index contributed by atoms with van der Waals surface area (Å²) in [5, 5.41) is 13.5. The minimum atomic E-state index is -0.415. The van der Waals surface area contributed by atoms with E-state index in [4.69, 9.17) is 38.8 Å². The molecule has 1 atom stereocenters. The second kappa shape index (κ2) is 22.5. The second-order valence-corrected chi connectivity index (χ2v) is 9.89. The first-order chi connectivity index (χ1) is 20.4. The van der Waals surface area contributed by atoms with Crippen molar-refractivity contribution >= 4 is 41.0 Å². The summed E-state index contributed by atoms with van der Waals surface area (Å²) >= 11 is 12.2. The maximum atomic E-state index is 12.4. The topological polar surface area (TPSA) is 134 Å². The molecule has 0 heterocycles. The first-order valence-corrected chi connectivity index (χ1v) is 14.2. The monoisotopic (exact) mass is 632 g/mol. The Kier molecular flexibility index (Phi) is 20.3. The van der Waals surface area contributed by atoms with Crippen molar-refractivity contribution in [3.8, 4) is 12.5 Å². The van der Waals surface area contributed by atoms with Gasteiger partial charge < -0.3 is 31.1 Å². The summed E-state index contributed by atoms with van der Waals surface area (Å²) in [7, 11) is 3.17. The average Bonchev–Trinajstić information content (AvgIpc) is 2.97. The van der Waals surface area contributed by atoms with Gasteiger partial charge in [0, 0.05) is 55.5 Å². The van der Waals surface area contributed by atoms with E-state index in [1.54, 1.807) is 37.3 Å². The number of ether oxygens (including phenoxy) is 1. The molecule has 1 unspecified atom stereocenters. The third kappa shape index (κ3) is 16.8. The Balaban J connectivity index is 0.000000924. The van der Waals surface area contributed by atoms with Crippen molar-refractivity contribution in [3.63, 3.8) is 0 Å². The molecular weight excluding hydrogens is 591 g/mol. The van der Waals surface area contributed by atoms with Gasteiger partial charge in [0.2, 0.25) is 11.8 Å². The van der Waals surface area contributed by atoms with Gasteiger partial charge in [0.25, 0.3) is 0 Å². The smallest absolute Gasteiger partial charge is 0.317 e. The third-order valence-electron chi connectivity index (χ3n) is 5.80. The Bertz CT molecular complexity index is 1260. The number of aryl methyl sites for hydroxylation is 1. The van der Waals surface area contributed by atoms with Gasteiger partial charge in [-0.05, 0) is 49.3 Å². The minimum absolute atomic E-state index is 0.0483. The fraction of sp³-hybridized carbons (Fsp3) is 0.344. The van der Waals surface area contributed by atoms with Crippen molar-refractivity contribution in [1.82, 2.24) is 15.5 Å². The number of nitrogens with two attached hydrogens (primary N) is 1. The number of hydrogen-bond acceptors (Lipinski definition) is 5. The first-order valence-electron chi connectivity index (χ1n) is 13.4. The number of methoxy groups -OCH3 is 1. The van der Waals surface area contributed by atoms with E-state index in [9.17, 15) is 14.4 Å². The van der Waals surface area contributed by atoms with Crippen LogP contribution in [0.2, 0.25) is 10.0 Å². The van der Waals surface area contributed by atoms with Crippen LogP contribution in [0.5, 0.6) is 0 Å². The van der Waals surface area contributed by atoms with Crippen LogP contribution in [0.1, 0.15) is 49.3 Å². The van der Waals surface area contributed by atoms with Crippen LogP contribution in [0.4, 0.5) is 4.79 Å². The van der Waals surface area contributed by atoms with Gasteiger partial charge in [-0.2, -0.15) is 0 Å². The highest BCUT2D eigenvalue weighted by Gasteiger charge is 2.22. The molecule has 0 aromatic heterocycles. The number of aliphatic hydroxyl groups is 1. The first kappa shape index (κ1) is 38.9. The predicted octanol–water partition coefficient (Wildman–Crippen LogP) is 5.67. The van der Waals surface area contributed by atoms with E-state index in [0.29, 0.717) is 29.6 Å². The summed E-state index contributed by atoms with van der Waals surface area (Å²) in [6, 6.07) is 12.8. The quantitative estimate of drug-likeness (QED) is 0.136. The van der Waals surface area contributed by atoms with Gasteiger partial charge in [-0.1, -0.05) is 78.5 Å². The zero-order valence-electron chi connectivity index (χ0n) is 25.3. The van der Waals surface area contributed by atoms with Crippen LogP contribution < -0.4 is 16.4 Å². The molecule has 0 saturated heterocycles. The van der Waals surface area contributed by atoms with E-state index in [2.05, 4.69) is 17.1 Å². The zero-order chi connectivity index (χ0) is 32.8. The molecule has 0 bridgehead atoms. The Labute approximate surface area is 265 Å². The fourth-order valence-electron chi connectivity index (χ4n) is 3.64. The van der Waals surface area contributed by atoms with Gasteiger partial charge in [-0.25, -0.2) is 4.79 Å². The third-order valence-corrected chi connectivity index (χ3v) is 6.39. The molecule has 4 amide bonds. The van der Waals surface area contributed by atoms with Gasteiger partial charge in [-0.3, -0.25) is 9.59 Å². The number of terminal acetylenes is 1. The number of halogens is 2. The fourth-order valence-corrected chi connectivity index (χ4v) is 4.11. The molecule has 0 saturated carbocycles. The van der Waals surface area contributed by atoms with Gasteiger partial charge in [-0.15, -0.1) is 0 Å². The lowest BCUT2D eigenvalue weighted by Gasteiger charge is -2.28. The molecule has 2 rings (SSSR count). The number of carbonyl (C=O) groups excluding carboxylic acids is 3. The summed E-state index contributed by atoms with van der Waals surface area (Å²) in [6.07, 6.45) is 11.6. The number of carbonyl (C=O) groups is 3. The number of benzene rings is 2. The van der Waals surface area contributed by atoms with Crippen LogP contribution in [-0.4, -0.2) is 55.1 Å². The van der Waals surface area contributed by atoms with Crippen LogP contribution in [0.25, 0.3) is 0 Å². The second-order valence-electron chi connectivity index (χ2n) is 9.05. The highest BCUT2D eigenvalue weighted by atomic mass is 35.5. The highest BCUT2D eigenvalue weighted by molar-refractivity contribution is 6.35. The summed E-state index contributed by atoms with van der Waals surface area (Å²) in [6.45, 7) is 6.85. The standard InChI is InChI=1S/C20H23Cl2N3O2.C10H17NO2.C2H2O/c1-13-3-5-14(6-4-13)16(9-19(23)26)12-25(20(27)24-2)11-15-7-8-17(21)10-18(15)22;1-4-6-9(13-3)7-8-11-10(12)5-2;1-2-3/h3-8,10,16H,9,11-12H2,1-2H3,(H2,23,26)(H,24,27);4,6-7H,5,8H2,1-3H3,(H,11,12);1,3H/b;6-4-,9-7+;. The van der Waals surface area contributed by atoms with Gasteiger partial charge in [0.05, 0.1) is 7.11 Å². The molecule has 0 aliphatic carbocycles. The van der Waals surface area contributed by atoms with E-state index in [1.165, 1.54) is 6.11 Å². The van der Waals surface area contributed by atoms with Crippen molar-refractivity contribution < 1.29 is 24.2 Å². The maximum Gasteiger partial charge on any atom is 0.317 e. The molecule has 5 N–H and O–H groups in total. The van der Waals surface area contributed by atoms with Crippen molar-refractivity contribution in [3.05, 3.63) is 93.2 Å².